The van der Waals surface area contributed by atoms with Gasteiger partial charge in [0, 0.05) is 29.1 Å². The molecule has 0 saturated heterocycles. The first kappa shape index (κ1) is 20.7. The number of aliphatic hydroxyl groups excluding tert-OH is 1. The molecule has 0 amide bonds. The molecule has 0 spiro atoms. The highest BCUT2D eigenvalue weighted by Gasteiger charge is 2.20. The number of hydrogen-bond acceptors (Lipinski definition) is 5. The van der Waals surface area contributed by atoms with Crippen molar-refractivity contribution in [2.24, 2.45) is 5.41 Å². The zero-order valence-electron chi connectivity index (χ0n) is 17.7. The Morgan fingerprint density at radius 2 is 1.87 bits per heavy atom. The molecular weight excluding hydrogens is 393 g/mol. The minimum Gasteiger partial charge on any atom is -0.392 e. The van der Waals surface area contributed by atoms with E-state index in [-0.39, 0.29) is 17.8 Å². The molecule has 3 heterocycles. The van der Waals surface area contributed by atoms with Crippen LogP contribution in [0.25, 0.3) is 28.3 Å². The van der Waals surface area contributed by atoms with Crippen molar-refractivity contribution in [1.29, 1.82) is 0 Å². The maximum Gasteiger partial charge on any atom is 0.227 e. The van der Waals surface area contributed by atoms with Crippen LogP contribution in [0.2, 0.25) is 0 Å². The van der Waals surface area contributed by atoms with Crippen LogP contribution in [0.15, 0.2) is 67.1 Å². The molecule has 158 valence electrons. The van der Waals surface area contributed by atoms with E-state index in [0.29, 0.717) is 23.0 Å². The third-order valence-electron chi connectivity index (χ3n) is 5.06. The predicted molar refractivity (Wildman–Crippen MR) is 120 cm³/mol. The van der Waals surface area contributed by atoms with Gasteiger partial charge >= 0.3 is 0 Å². The molecule has 0 atom stereocenters. The lowest BCUT2D eigenvalue weighted by Crippen LogP contribution is -2.17. The number of fused-ring (bicyclic) bond motifs is 1. The average Bonchev–Trinajstić information content (AvgIpc) is 3.12. The molecule has 0 bridgehead atoms. The summed E-state index contributed by atoms with van der Waals surface area (Å²) in [7, 11) is 0. The van der Waals surface area contributed by atoms with Gasteiger partial charge in [-0.15, -0.1) is 0 Å². The summed E-state index contributed by atoms with van der Waals surface area (Å²) in [5.41, 5.74) is 4.89. The monoisotopic (exact) mass is 417 g/mol. The molecule has 31 heavy (non-hydrogen) atoms. The first-order valence-electron chi connectivity index (χ1n) is 9.94. The van der Waals surface area contributed by atoms with E-state index in [1.807, 2.05) is 28.8 Å². The van der Waals surface area contributed by atoms with Gasteiger partial charge in [-0.2, -0.15) is 0 Å². The number of aliphatic hydroxyl groups is 1. The van der Waals surface area contributed by atoms with Gasteiger partial charge in [-0.25, -0.2) is 19.3 Å². The average molecular weight is 417 g/mol. The predicted octanol–water partition coefficient (Wildman–Crippen LogP) is 5.06. The normalized spacial score (nSPS) is 11.6. The first-order valence-corrected chi connectivity index (χ1v) is 9.94. The molecule has 0 fully saturated rings. The second kappa shape index (κ2) is 7.92. The number of nitrogens with zero attached hydrogens (tertiary/aromatic N) is 4. The Kier molecular flexibility index (Phi) is 5.29. The second-order valence-electron chi connectivity index (χ2n) is 8.36. The molecule has 2 N–H and O–H groups in total. The molecule has 0 radical (unpaired) electrons. The Morgan fingerprint density at radius 1 is 1.13 bits per heavy atom. The standard InChI is InChI=1S/C24H24FN5O/c1-15(24(2,3)4)27-23-26-11-9-19(28-23)22-21(17-5-7-18(25)8-6-17)29-20-13-16(14-31)10-12-30(20)22/h5-13,31H,1,14H2,2-4H3,(H,26,27,28). The van der Waals surface area contributed by atoms with Gasteiger partial charge in [0.1, 0.15) is 11.5 Å². The molecule has 0 aliphatic carbocycles. The van der Waals surface area contributed by atoms with Crippen molar-refractivity contribution in [2.45, 2.75) is 27.4 Å². The summed E-state index contributed by atoms with van der Waals surface area (Å²) in [6.07, 6.45) is 3.52. The van der Waals surface area contributed by atoms with Crippen LogP contribution in [0.3, 0.4) is 0 Å². The van der Waals surface area contributed by atoms with Gasteiger partial charge in [-0.05, 0) is 48.0 Å². The number of hydrogen-bond donors (Lipinski definition) is 2. The van der Waals surface area contributed by atoms with Crippen molar-refractivity contribution in [3.05, 3.63) is 78.5 Å². The van der Waals surface area contributed by atoms with E-state index < -0.39 is 0 Å². The summed E-state index contributed by atoms with van der Waals surface area (Å²) in [4.78, 5) is 13.8. The largest absolute Gasteiger partial charge is 0.392 e. The lowest BCUT2D eigenvalue weighted by molar-refractivity contribution is 0.282. The van der Waals surface area contributed by atoms with Crippen molar-refractivity contribution < 1.29 is 9.50 Å². The van der Waals surface area contributed by atoms with E-state index in [9.17, 15) is 9.50 Å². The summed E-state index contributed by atoms with van der Waals surface area (Å²) in [5.74, 6) is 0.121. The number of halogens is 1. The van der Waals surface area contributed by atoms with Crippen molar-refractivity contribution in [3.8, 4) is 22.6 Å². The minimum atomic E-state index is -0.314. The topological polar surface area (TPSA) is 75.3 Å². The Hall–Kier alpha value is -3.58. The van der Waals surface area contributed by atoms with E-state index >= 15 is 0 Å². The Labute approximate surface area is 180 Å². The van der Waals surface area contributed by atoms with Gasteiger partial charge in [0.25, 0.3) is 0 Å². The van der Waals surface area contributed by atoms with E-state index in [0.717, 1.165) is 22.5 Å². The van der Waals surface area contributed by atoms with Gasteiger partial charge in [-0.1, -0.05) is 27.4 Å². The van der Waals surface area contributed by atoms with Crippen LogP contribution in [-0.4, -0.2) is 24.5 Å². The number of aromatic nitrogens is 4. The maximum atomic E-state index is 13.5. The van der Waals surface area contributed by atoms with Crippen LogP contribution >= 0.6 is 0 Å². The number of imidazole rings is 1. The van der Waals surface area contributed by atoms with E-state index in [1.165, 1.54) is 12.1 Å². The highest BCUT2D eigenvalue weighted by Crippen LogP contribution is 2.33. The highest BCUT2D eigenvalue weighted by atomic mass is 19.1. The SMILES string of the molecule is C=C(Nc1nccc(-c2c(-c3ccc(F)cc3)nc3cc(CO)ccn23)n1)C(C)(C)C. The Bertz CT molecular complexity index is 1260. The first-order chi connectivity index (χ1) is 14.8. The third-order valence-corrected chi connectivity index (χ3v) is 5.06. The number of rotatable bonds is 5. The van der Waals surface area contributed by atoms with E-state index in [4.69, 9.17) is 9.97 Å². The molecule has 0 aliphatic heterocycles. The van der Waals surface area contributed by atoms with Crippen molar-refractivity contribution in [3.63, 3.8) is 0 Å². The number of allylic oxidation sites excluding steroid dienone is 1. The fourth-order valence-electron chi connectivity index (χ4n) is 3.11. The van der Waals surface area contributed by atoms with Gasteiger partial charge in [0.15, 0.2) is 0 Å². The molecule has 6 nitrogen and oxygen atoms in total. The Balaban J connectivity index is 1.88. The molecule has 0 unspecified atom stereocenters. The zero-order chi connectivity index (χ0) is 22.2. The van der Waals surface area contributed by atoms with Crippen LogP contribution in [0.4, 0.5) is 10.3 Å². The number of benzene rings is 1. The number of nitrogens with one attached hydrogen (secondary N) is 1. The highest BCUT2D eigenvalue weighted by molar-refractivity contribution is 5.80. The van der Waals surface area contributed by atoms with Gasteiger partial charge < -0.3 is 10.4 Å². The Morgan fingerprint density at radius 3 is 2.55 bits per heavy atom. The van der Waals surface area contributed by atoms with E-state index in [2.05, 4.69) is 37.7 Å². The van der Waals surface area contributed by atoms with Crippen molar-refractivity contribution in [2.75, 3.05) is 5.32 Å². The summed E-state index contributed by atoms with van der Waals surface area (Å²) in [6.45, 7) is 10.2. The van der Waals surface area contributed by atoms with Gasteiger partial charge in [-0.3, -0.25) is 4.40 Å². The summed E-state index contributed by atoms with van der Waals surface area (Å²) < 4.78 is 15.4. The number of pyridine rings is 1. The molecule has 4 aromatic rings. The molecule has 1 aromatic carbocycles. The van der Waals surface area contributed by atoms with Crippen LogP contribution in [0.5, 0.6) is 0 Å². The molecule has 0 aliphatic rings. The molecule has 3 aromatic heterocycles. The number of anilines is 1. The molecule has 0 saturated carbocycles. The molecule has 4 rings (SSSR count). The van der Waals surface area contributed by atoms with Crippen molar-refractivity contribution in [1.82, 2.24) is 19.4 Å². The molecule has 7 heteroatoms. The zero-order valence-corrected chi connectivity index (χ0v) is 17.7. The fraction of sp³-hybridized carbons (Fsp3) is 0.208. The summed E-state index contributed by atoms with van der Waals surface area (Å²) >= 11 is 0. The lowest BCUT2D eigenvalue weighted by atomic mass is 9.93. The van der Waals surface area contributed by atoms with Crippen LogP contribution in [-0.2, 0) is 6.61 Å². The fourth-order valence-corrected chi connectivity index (χ4v) is 3.11. The van der Waals surface area contributed by atoms with Gasteiger partial charge in [0.05, 0.1) is 23.7 Å². The summed E-state index contributed by atoms with van der Waals surface area (Å²) in [5, 5.41) is 12.7. The third kappa shape index (κ3) is 4.18. The van der Waals surface area contributed by atoms with Crippen LogP contribution in [0.1, 0.15) is 26.3 Å². The maximum absolute atomic E-state index is 13.5. The van der Waals surface area contributed by atoms with Gasteiger partial charge in [0.2, 0.25) is 5.95 Å². The minimum absolute atomic E-state index is 0.0823. The second-order valence-corrected chi connectivity index (χ2v) is 8.36. The van der Waals surface area contributed by atoms with Crippen LogP contribution in [0, 0.1) is 11.2 Å². The summed E-state index contributed by atoms with van der Waals surface area (Å²) in [6, 6.07) is 11.6. The quantitative estimate of drug-likeness (QED) is 0.475. The van der Waals surface area contributed by atoms with E-state index in [1.54, 1.807) is 18.3 Å². The smallest absolute Gasteiger partial charge is 0.227 e. The molecular formula is C24H24FN5O. The lowest BCUT2D eigenvalue weighted by Gasteiger charge is -2.22. The van der Waals surface area contributed by atoms with Crippen molar-refractivity contribution >= 4 is 11.6 Å². The van der Waals surface area contributed by atoms with Crippen LogP contribution < -0.4 is 5.32 Å².